The van der Waals surface area contributed by atoms with Gasteiger partial charge in [-0.1, -0.05) is 0 Å². The van der Waals surface area contributed by atoms with Gasteiger partial charge in [-0.3, -0.25) is 0 Å². The fraction of sp³-hybridized carbons (Fsp3) is 0.500. The fourth-order valence-corrected chi connectivity index (χ4v) is 0.677. The molecule has 15 nitrogen and oxygen atoms in total. The molecule has 30 heavy (non-hydrogen) atoms. The first kappa shape index (κ1) is 43.6. The van der Waals surface area contributed by atoms with Crippen LogP contribution < -0.4 is 0 Å². The van der Waals surface area contributed by atoms with Gasteiger partial charge in [-0.05, 0) is 0 Å². The van der Waals surface area contributed by atoms with Crippen LogP contribution in [0.25, 0.3) is 0 Å². The normalized spacial score (nSPS) is 8.00. The SMILES string of the molecule is O=C(O)COCC(=O)O.O=C(O)COCC(=O)O.O=C(O)COCC(=O)O.[NaH].[NaH].[NaH]. The van der Waals surface area contributed by atoms with Crippen molar-refractivity contribution in [3.8, 4) is 0 Å². The van der Waals surface area contributed by atoms with E-state index in [0.717, 1.165) is 0 Å². The second-order valence-corrected chi connectivity index (χ2v) is 3.84. The van der Waals surface area contributed by atoms with Gasteiger partial charge in [0, 0.05) is 0 Å². The zero-order valence-electron chi connectivity index (χ0n) is 13.6. The Bertz CT molecular complexity index is 398. The van der Waals surface area contributed by atoms with E-state index in [2.05, 4.69) is 14.2 Å². The van der Waals surface area contributed by atoms with E-state index in [-0.39, 0.29) is 88.7 Å². The summed E-state index contributed by atoms with van der Waals surface area (Å²) in [5.41, 5.74) is 0. The number of carboxylic acid groups (broad SMARTS) is 6. The van der Waals surface area contributed by atoms with E-state index in [1.54, 1.807) is 0 Å². The molecule has 0 aliphatic heterocycles. The van der Waals surface area contributed by atoms with Crippen LogP contribution in [0.15, 0.2) is 0 Å². The molecule has 0 radical (unpaired) electrons. The molecule has 0 spiro atoms. The Kier molecular flexibility index (Phi) is 44.8. The minimum atomic E-state index is -1.17. The van der Waals surface area contributed by atoms with E-state index in [1.807, 2.05) is 0 Å². The molecular formula is C12H21Na3O15. The van der Waals surface area contributed by atoms with Gasteiger partial charge in [0.15, 0.2) is 0 Å². The zero-order valence-corrected chi connectivity index (χ0v) is 13.6. The van der Waals surface area contributed by atoms with Crippen molar-refractivity contribution in [2.45, 2.75) is 0 Å². The van der Waals surface area contributed by atoms with Crippen molar-refractivity contribution in [1.82, 2.24) is 0 Å². The van der Waals surface area contributed by atoms with Gasteiger partial charge >= 0.3 is 124 Å². The second kappa shape index (κ2) is 30.9. The quantitative estimate of drug-likeness (QED) is 0.146. The van der Waals surface area contributed by atoms with Crippen molar-refractivity contribution >= 4 is 124 Å². The molecule has 6 N–H and O–H groups in total. The van der Waals surface area contributed by atoms with Gasteiger partial charge in [0.05, 0.1) is 0 Å². The van der Waals surface area contributed by atoms with E-state index >= 15 is 0 Å². The van der Waals surface area contributed by atoms with Crippen LogP contribution in [0.1, 0.15) is 0 Å². The van der Waals surface area contributed by atoms with Crippen LogP contribution >= 0.6 is 0 Å². The van der Waals surface area contributed by atoms with Crippen LogP contribution in [0.5, 0.6) is 0 Å². The molecule has 0 aliphatic carbocycles. The first-order valence-corrected chi connectivity index (χ1v) is 6.42. The molecular weight excluding hydrogens is 453 g/mol. The van der Waals surface area contributed by atoms with Gasteiger partial charge in [0.1, 0.15) is 39.6 Å². The molecule has 0 aromatic rings. The van der Waals surface area contributed by atoms with Gasteiger partial charge in [-0.2, -0.15) is 0 Å². The molecule has 0 bridgehead atoms. The summed E-state index contributed by atoms with van der Waals surface area (Å²) in [6, 6.07) is 0. The summed E-state index contributed by atoms with van der Waals surface area (Å²) < 4.78 is 12.5. The maximum atomic E-state index is 9.66. The number of carboxylic acids is 6. The summed E-state index contributed by atoms with van der Waals surface area (Å²) in [6.45, 7) is -3.38. The van der Waals surface area contributed by atoms with Crippen molar-refractivity contribution in [2.75, 3.05) is 39.6 Å². The molecule has 0 aromatic heterocycles. The fourth-order valence-electron chi connectivity index (χ4n) is 0.677. The third kappa shape index (κ3) is 63.0. The third-order valence-electron chi connectivity index (χ3n) is 1.35. The molecule has 162 valence electrons. The Balaban J connectivity index is -0.0000000686. The van der Waals surface area contributed by atoms with Crippen LogP contribution in [-0.2, 0) is 43.0 Å². The summed E-state index contributed by atoms with van der Waals surface area (Å²) >= 11 is 0. The van der Waals surface area contributed by atoms with E-state index in [4.69, 9.17) is 30.6 Å². The van der Waals surface area contributed by atoms with Crippen LogP contribution in [0.2, 0.25) is 0 Å². The molecule has 0 aliphatic rings. The second-order valence-electron chi connectivity index (χ2n) is 3.84. The topological polar surface area (TPSA) is 251 Å². The summed E-state index contributed by atoms with van der Waals surface area (Å²) in [6.07, 6.45) is 0. The van der Waals surface area contributed by atoms with E-state index in [9.17, 15) is 28.8 Å². The van der Waals surface area contributed by atoms with Gasteiger partial charge in [-0.25, -0.2) is 28.8 Å². The van der Waals surface area contributed by atoms with Gasteiger partial charge in [-0.15, -0.1) is 0 Å². The molecule has 0 saturated carbocycles. The third-order valence-corrected chi connectivity index (χ3v) is 1.35. The van der Waals surface area contributed by atoms with E-state index < -0.39 is 75.5 Å². The van der Waals surface area contributed by atoms with Crippen LogP contribution in [0.3, 0.4) is 0 Å². The number of carbonyl (C=O) groups is 6. The van der Waals surface area contributed by atoms with E-state index in [0.29, 0.717) is 0 Å². The standard InChI is InChI=1S/3C4H6O5.3Na.3H/c3*5-3(6)1-9-2-4(7)8;;;;;;/h3*1-2H2,(H,5,6)(H,7,8);;;;;;. The minimum absolute atomic E-state index is 0. The molecule has 0 heterocycles. The predicted molar refractivity (Wildman–Crippen MR) is 99.7 cm³/mol. The van der Waals surface area contributed by atoms with Crippen molar-refractivity contribution < 1.29 is 73.6 Å². The Hall–Kier alpha value is -0.300. The number of aliphatic carboxylic acids is 6. The van der Waals surface area contributed by atoms with Crippen molar-refractivity contribution in [3.05, 3.63) is 0 Å². The van der Waals surface area contributed by atoms with Crippen molar-refractivity contribution in [2.24, 2.45) is 0 Å². The molecule has 0 rings (SSSR count). The van der Waals surface area contributed by atoms with Crippen LogP contribution in [-0.4, -0.2) is 195 Å². The summed E-state index contributed by atoms with van der Waals surface area (Å²) in [4.78, 5) is 58.0. The van der Waals surface area contributed by atoms with E-state index in [1.165, 1.54) is 0 Å². The molecule has 0 atom stereocenters. The number of hydrogen-bond donors (Lipinski definition) is 6. The Labute approximate surface area is 235 Å². The molecule has 0 saturated heterocycles. The Morgan fingerprint density at radius 2 is 0.467 bits per heavy atom. The van der Waals surface area contributed by atoms with Crippen LogP contribution in [0.4, 0.5) is 0 Å². The monoisotopic (exact) mass is 474 g/mol. The van der Waals surface area contributed by atoms with Gasteiger partial charge in [0.2, 0.25) is 0 Å². The molecule has 0 aromatic carbocycles. The van der Waals surface area contributed by atoms with Gasteiger partial charge in [0.25, 0.3) is 0 Å². The zero-order chi connectivity index (χ0) is 21.8. The molecule has 0 unspecified atom stereocenters. The van der Waals surface area contributed by atoms with Crippen molar-refractivity contribution in [3.63, 3.8) is 0 Å². The summed E-state index contributed by atoms with van der Waals surface area (Å²) in [7, 11) is 0. The first-order valence-electron chi connectivity index (χ1n) is 6.42. The van der Waals surface area contributed by atoms with Crippen molar-refractivity contribution in [1.29, 1.82) is 0 Å². The van der Waals surface area contributed by atoms with Crippen LogP contribution in [0, 0.1) is 0 Å². The maximum absolute atomic E-state index is 9.66. The van der Waals surface area contributed by atoms with Gasteiger partial charge < -0.3 is 44.8 Å². The number of ether oxygens (including phenoxy) is 3. The average molecular weight is 474 g/mol. The first-order chi connectivity index (χ1) is 12.4. The summed E-state index contributed by atoms with van der Waals surface area (Å²) in [5.74, 6) is -7.02. The number of hydrogen-bond acceptors (Lipinski definition) is 9. The predicted octanol–water partition coefficient (Wildman–Crippen LogP) is -4.43. The molecule has 0 fully saturated rings. The summed E-state index contributed by atoms with van der Waals surface area (Å²) in [5, 5.41) is 47.5. The number of rotatable bonds is 12. The Morgan fingerprint density at radius 3 is 0.533 bits per heavy atom. The average Bonchev–Trinajstić information content (AvgIpc) is 2.46. The molecule has 0 amide bonds. The Morgan fingerprint density at radius 1 is 0.367 bits per heavy atom. The molecule has 18 heteroatoms.